The average molecular weight is 424 g/mol. The molecule has 4 aromatic heterocycles. The van der Waals surface area contributed by atoms with E-state index in [1.165, 1.54) is 0 Å². The first kappa shape index (κ1) is 17.1. The molecule has 0 unspecified atom stereocenters. The normalized spacial score (nSPS) is 11.9. The third-order valence-electron chi connectivity index (χ3n) is 4.42. The Hall–Kier alpha value is -2.04. The summed E-state index contributed by atoms with van der Waals surface area (Å²) in [5.41, 5.74) is 0.925. The van der Waals surface area contributed by atoms with E-state index >= 15 is 0 Å². The molecule has 0 bridgehead atoms. The van der Waals surface area contributed by atoms with Gasteiger partial charge in [-0.2, -0.15) is 0 Å². The topological polar surface area (TPSA) is 30.0 Å². The highest BCUT2D eigenvalue weighted by atomic mass is 32.1. The summed E-state index contributed by atoms with van der Waals surface area (Å²) in [5.74, 6) is 0. The maximum Gasteiger partial charge on any atom is 0.199 e. The number of fused-ring (bicyclic) bond motifs is 1. The van der Waals surface area contributed by atoms with E-state index in [2.05, 4.69) is 23.2 Å². The van der Waals surface area contributed by atoms with Gasteiger partial charge in [0.2, 0.25) is 0 Å². The summed E-state index contributed by atoms with van der Waals surface area (Å²) in [4.78, 5) is 5.67. The summed E-state index contributed by atoms with van der Waals surface area (Å²) in [6.07, 6.45) is 1.90. The van der Waals surface area contributed by atoms with Crippen molar-refractivity contribution in [3.05, 3.63) is 83.7 Å². The minimum Gasteiger partial charge on any atom is -0.306 e. The maximum atomic E-state index is 14.2. The molecule has 0 fully saturated rings. The second-order valence-electron chi connectivity index (χ2n) is 6.07. The Morgan fingerprint density at radius 3 is 2.11 bits per heavy atom. The number of aromatic nitrogens is 1. The van der Waals surface area contributed by atoms with Crippen LogP contribution in [0.15, 0.2) is 83.7 Å². The van der Waals surface area contributed by atoms with E-state index in [1.807, 2.05) is 65.5 Å². The summed E-state index contributed by atoms with van der Waals surface area (Å²) in [5, 5.41) is 6.28. The number of benzene rings is 1. The monoisotopic (exact) mass is 423 g/mol. The summed E-state index contributed by atoms with van der Waals surface area (Å²) >= 11 is 4.71. The summed E-state index contributed by atoms with van der Waals surface area (Å²) in [6.45, 7) is 0. The zero-order valence-electron chi connectivity index (χ0n) is 14.1. The van der Waals surface area contributed by atoms with Gasteiger partial charge in [0.1, 0.15) is 0 Å². The van der Waals surface area contributed by atoms with Gasteiger partial charge in [-0.15, -0.1) is 34.0 Å². The van der Waals surface area contributed by atoms with Crippen LogP contribution in [0.4, 0.5) is 0 Å². The third kappa shape index (κ3) is 2.91. The Kier molecular flexibility index (Phi) is 4.33. The van der Waals surface area contributed by atoms with E-state index in [9.17, 15) is 4.57 Å². The van der Waals surface area contributed by atoms with Crippen LogP contribution >= 0.6 is 41.2 Å². The summed E-state index contributed by atoms with van der Waals surface area (Å²) in [7, 11) is -2.80. The fraction of sp³-hybridized carbons (Fsp3) is 0. The molecule has 6 heteroatoms. The van der Waals surface area contributed by atoms with Gasteiger partial charge in [0, 0.05) is 11.6 Å². The van der Waals surface area contributed by atoms with Crippen LogP contribution in [-0.2, 0) is 4.57 Å². The Morgan fingerprint density at radius 1 is 0.741 bits per heavy atom. The molecule has 1 aromatic carbocycles. The average Bonchev–Trinajstić information content (AvgIpc) is 3.49. The minimum absolute atomic E-state index is 0.914. The summed E-state index contributed by atoms with van der Waals surface area (Å²) < 4.78 is 17.0. The van der Waals surface area contributed by atoms with Crippen LogP contribution in [-0.4, -0.2) is 4.98 Å². The Labute approximate surface area is 169 Å². The largest absolute Gasteiger partial charge is 0.306 e. The molecule has 0 aliphatic carbocycles. The number of hydrogen-bond donors (Lipinski definition) is 0. The molecule has 0 radical (unpaired) electrons. The molecule has 0 atom stereocenters. The van der Waals surface area contributed by atoms with E-state index in [1.54, 1.807) is 34.0 Å². The molecular weight excluding hydrogens is 409 g/mol. The smallest absolute Gasteiger partial charge is 0.199 e. The number of hydrogen-bond acceptors (Lipinski definition) is 5. The first-order valence-electron chi connectivity index (χ1n) is 8.39. The predicted octanol–water partition coefficient (Wildman–Crippen LogP) is 5.73. The molecule has 132 valence electrons. The first-order chi connectivity index (χ1) is 13.2. The lowest BCUT2D eigenvalue weighted by Crippen LogP contribution is -2.18. The molecule has 0 spiro atoms. The van der Waals surface area contributed by atoms with E-state index in [4.69, 9.17) is 0 Å². The molecule has 2 nitrogen and oxygen atoms in total. The van der Waals surface area contributed by atoms with Crippen molar-refractivity contribution in [1.29, 1.82) is 0 Å². The number of pyridine rings is 1. The Morgan fingerprint density at radius 2 is 1.44 bits per heavy atom. The van der Waals surface area contributed by atoms with Gasteiger partial charge in [0.15, 0.2) is 7.14 Å². The number of nitrogens with zero attached hydrogens (tertiary/aromatic N) is 1. The van der Waals surface area contributed by atoms with E-state index in [0.29, 0.717) is 0 Å². The highest BCUT2D eigenvalue weighted by Gasteiger charge is 2.33. The van der Waals surface area contributed by atoms with Crippen molar-refractivity contribution in [1.82, 2.24) is 4.98 Å². The molecule has 4 heterocycles. The van der Waals surface area contributed by atoms with E-state index < -0.39 is 7.14 Å². The molecule has 0 N–H and O–H groups in total. The van der Waals surface area contributed by atoms with Crippen LogP contribution in [0, 0.1) is 0 Å². The van der Waals surface area contributed by atoms with E-state index in [-0.39, 0.29) is 0 Å². The second-order valence-corrected chi connectivity index (χ2v) is 12.6. The van der Waals surface area contributed by atoms with Crippen LogP contribution in [0.2, 0.25) is 0 Å². The van der Waals surface area contributed by atoms with Crippen LogP contribution in [0.1, 0.15) is 0 Å². The van der Waals surface area contributed by atoms with Gasteiger partial charge in [-0.25, -0.2) is 0 Å². The van der Waals surface area contributed by atoms with E-state index in [0.717, 1.165) is 35.2 Å². The molecular formula is C21H14NOPS3. The fourth-order valence-corrected chi connectivity index (χ4v) is 10.9. The van der Waals surface area contributed by atoms with Gasteiger partial charge in [-0.05, 0) is 46.5 Å². The highest BCUT2D eigenvalue weighted by Crippen LogP contribution is 2.48. The molecule has 0 aliphatic heterocycles. The van der Waals surface area contributed by atoms with Crippen molar-refractivity contribution in [2.45, 2.75) is 0 Å². The zero-order chi connectivity index (χ0) is 18.3. The molecule has 0 amide bonds. The van der Waals surface area contributed by atoms with Gasteiger partial charge in [0.25, 0.3) is 0 Å². The Bertz CT molecular complexity index is 1220. The highest BCUT2D eigenvalue weighted by molar-refractivity contribution is 7.95. The van der Waals surface area contributed by atoms with Crippen LogP contribution in [0.25, 0.3) is 21.3 Å². The van der Waals surface area contributed by atoms with Crippen molar-refractivity contribution in [2.24, 2.45) is 0 Å². The van der Waals surface area contributed by atoms with Crippen LogP contribution < -0.4 is 13.9 Å². The second kappa shape index (κ2) is 6.84. The van der Waals surface area contributed by atoms with Crippen molar-refractivity contribution in [3.63, 3.8) is 0 Å². The molecule has 0 aliphatic rings. The van der Waals surface area contributed by atoms with Gasteiger partial charge < -0.3 is 4.57 Å². The van der Waals surface area contributed by atoms with Crippen molar-refractivity contribution >= 4 is 65.8 Å². The predicted molar refractivity (Wildman–Crippen MR) is 120 cm³/mol. The van der Waals surface area contributed by atoms with Crippen LogP contribution in [0.3, 0.4) is 0 Å². The Balaban J connectivity index is 1.64. The molecule has 27 heavy (non-hydrogen) atoms. The minimum atomic E-state index is -2.80. The standard InChI is InChI=1S/C21H14NOPS3/c23-24(19-7-3-11-25-19,20-8-4-12-26-20)21-10-9-18(27-21)17-13-15-5-1-2-6-16(15)14-22-17/h1-14H. The van der Waals surface area contributed by atoms with Gasteiger partial charge in [-0.1, -0.05) is 36.4 Å². The molecule has 5 aromatic rings. The quantitative estimate of drug-likeness (QED) is 0.346. The van der Waals surface area contributed by atoms with Gasteiger partial charge in [0.05, 0.1) is 24.4 Å². The third-order valence-corrected chi connectivity index (χ3v) is 12.2. The van der Waals surface area contributed by atoms with Crippen molar-refractivity contribution in [3.8, 4) is 10.6 Å². The summed E-state index contributed by atoms with van der Waals surface area (Å²) in [6, 6.07) is 22.3. The first-order valence-corrected chi connectivity index (χ1v) is 12.7. The maximum absolute atomic E-state index is 14.2. The molecule has 0 saturated heterocycles. The van der Waals surface area contributed by atoms with Crippen molar-refractivity contribution < 1.29 is 4.57 Å². The lowest BCUT2D eigenvalue weighted by Gasteiger charge is -2.13. The fourth-order valence-electron chi connectivity index (χ4n) is 3.08. The van der Waals surface area contributed by atoms with Crippen molar-refractivity contribution in [2.75, 3.05) is 0 Å². The lowest BCUT2D eigenvalue weighted by atomic mass is 10.1. The van der Waals surface area contributed by atoms with Gasteiger partial charge >= 0.3 is 0 Å². The number of thiophene rings is 3. The molecule has 0 saturated carbocycles. The zero-order valence-corrected chi connectivity index (χ0v) is 17.5. The lowest BCUT2D eigenvalue weighted by molar-refractivity contribution is 0.593. The SMILES string of the molecule is O=P(c1cccs1)(c1cccs1)c1ccc(-c2cc3ccccc3cn2)s1. The van der Waals surface area contributed by atoms with Crippen LogP contribution in [0.5, 0.6) is 0 Å². The molecule has 5 rings (SSSR count). The number of rotatable bonds is 4. The van der Waals surface area contributed by atoms with Gasteiger partial charge in [-0.3, -0.25) is 4.98 Å².